The van der Waals surface area contributed by atoms with Crippen molar-refractivity contribution in [3.05, 3.63) is 30.3 Å². The van der Waals surface area contributed by atoms with Crippen LogP contribution in [0.1, 0.15) is 13.8 Å². The molecule has 98 valence electrons. The molecule has 0 aliphatic heterocycles. The van der Waals surface area contributed by atoms with E-state index in [1.807, 2.05) is 49.1 Å². The van der Waals surface area contributed by atoms with Gasteiger partial charge in [-0.15, -0.1) is 0 Å². The van der Waals surface area contributed by atoms with Gasteiger partial charge in [0.2, 0.25) is 0 Å². The minimum Gasteiger partial charge on any atom is -0.491 e. The van der Waals surface area contributed by atoms with Crippen molar-refractivity contribution in [2.45, 2.75) is 26.0 Å². The molecule has 0 aliphatic rings. The van der Waals surface area contributed by atoms with Crippen LogP contribution in [0.15, 0.2) is 30.3 Å². The standard InChI is InChI=1S/C14H20N2O2/c1-12(2)16(9-8-15)10-13(17)11-18-14-6-4-3-5-7-14/h3-7,12-13,17H,9-11H2,1-2H3. The third-order valence-corrected chi connectivity index (χ3v) is 2.63. The zero-order chi connectivity index (χ0) is 13.4. The van der Waals surface area contributed by atoms with Gasteiger partial charge in [-0.1, -0.05) is 18.2 Å². The van der Waals surface area contributed by atoms with Crippen molar-refractivity contribution in [2.75, 3.05) is 19.7 Å². The van der Waals surface area contributed by atoms with Crippen molar-refractivity contribution in [3.63, 3.8) is 0 Å². The maximum atomic E-state index is 9.88. The summed E-state index contributed by atoms with van der Waals surface area (Å²) in [6, 6.07) is 11.7. The van der Waals surface area contributed by atoms with Crippen LogP contribution in [0.5, 0.6) is 5.75 Å². The van der Waals surface area contributed by atoms with Crippen LogP contribution in [-0.4, -0.2) is 41.8 Å². The molecule has 1 unspecified atom stereocenters. The normalized spacial score (nSPS) is 12.4. The highest BCUT2D eigenvalue weighted by atomic mass is 16.5. The van der Waals surface area contributed by atoms with Gasteiger partial charge in [0.25, 0.3) is 0 Å². The highest BCUT2D eigenvalue weighted by Gasteiger charge is 2.14. The molecule has 0 heterocycles. The summed E-state index contributed by atoms with van der Waals surface area (Å²) in [5.41, 5.74) is 0. The average Bonchev–Trinajstić information content (AvgIpc) is 2.37. The van der Waals surface area contributed by atoms with Crippen LogP contribution >= 0.6 is 0 Å². The van der Waals surface area contributed by atoms with E-state index >= 15 is 0 Å². The molecule has 1 N–H and O–H groups in total. The minimum absolute atomic E-state index is 0.232. The molecule has 4 heteroatoms. The molecule has 1 atom stereocenters. The highest BCUT2D eigenvalue weighted by Crippen LogP contribution is 2.09. The zero-order valence-electron chi connectivity index (χ0n) is 10.9. The van der Waals surface area contributed by atoms with Gasteiger partial charge in [-0.05, 0) is 26.0 Å². The Labute approximate surface area is 108 Å². The second-order valence-corrected chi connectivity index (χ2v) is 4.46. The van der Waals surface area contributed by atoms with E-state index in [4.69, 9.17) is 10.00 Å². The fraction of sp³-hybridized carbons (Fsp3) is 0.500. The fourth-order valence-corrected chi connectivity index (χ4v) is 1.58. The van der Waals surface area contributed by atoms with E-state index in [-0.39, 0.29) is 12.6 Å². The highest BCUT2D eigenvalue weighted by molar-refractivity contribution is 5.20. The molecule has 1 aromatic rings. The topological polar surface area (TPSA) is 56.5 Å². The van der Waals surface area contributed by atoms with Crippen LogP contribution in [0.3, 0.4) is 0 Å². The van der Waals surface area contributed by atoms with Gasteiger partial charge in [0.1, 0.15) is 18.5 Å². The molecule has 18 heavy (non-hydrogen) atoms. The summed E-state index contributed by atoms with van der Waals surface area (Å²) in [7, 11) is 0. The van der Waals surface area contributed by atoms with E-state index in [1.165, 1.54) is 0 Å². The van der Waals surface area contributed by atoms with Crippen molar-refractivity contribution in [3.8, 4) is 11.8 Å². The van der Waals surface area contributed by atoms with Gasteiger partial charge in [-0.25, -0.2) is 0 Å². The predicted molar refractivity (Wildman–Crippen MR) is 70.3 cm³/mol. The SMILES string of the molecule is CC(C)N(CC#N)CC(O)COc1ccccc1. The molecular formula is C14H20N2O2. The fourth-order valence-electron chi connectivity index (χ4n) is 1.58. The number of aliphatic hydroxyl groups is 1. The zero-order valence-corrected chi connectivity index (χ0v) is 10.9. The Morgan fingerprint density at radius 1 is 1.33 bits per heavy atom. The number of hydrogen-bond donors (Lipinski definition) is 1. The molecule has 0 aromatic heterocycles. The van der Waals surface area contributed by atoms with E-state index in [0.717, 1.165) is 5.75 Å². The number of benzene rings is 1. The Kier molecular flexibility index (Phi) is 6.20. The summed E-state index contributed by atoms with van der Waals surface area (Å²) in [4.78, 5) is 1.92. The second-order valence-electron chi connectivity index (χ2n) is 4.46. The lowest BCUT2D eigenvalue weighted by atomic mass is 10.2. The lowest BCUT2D eigenvalue weighted by Crippen LogP contribution is -2.40. The first-order valence-corrected chi connectivity index (χ1v) is 6.10. The smallest absolute Gasteiger partial charge is 0.119 e. The van der Waals surface area contributed by atoms with Crippen molar-refractivity contribution in [1.29, 1.82) is 5.26 Å². The number of rotatable bonds is 7. The van der Waals surface area contributed by atoms with Gasteiger partial charge >= 0.3 is 0 Å². The summed E-state index contributed by atoms with van der Waals surface area (Å²) >= 11 is 0. The van der Waals surface area contributed by atoms with Gasteiger partial charge in [0.15, 0.2) is 0 Å². The van der Waals surface area contributed by atoms with Crippen LogP contribution in [0.4, 0.5) is 0 Å². The van der Waals surface area contributed by atoms with Gasteiger partial charge in [-0.3, -0.25) is 4.90 Å². The van der Waals surface area contributed by atoms with E-state index < -0.39 is 6.10 Å². The number of hydrogen-bond acceptors (Lipinski definition) is 4. The van der Waals surface area contributed by atoms with Crippen LogP contribution in [0, 0.1) is 11.3 Å². The quantitative estimate of drug-likeness (QED) is 0.746. The Morgan fingerprint density at radius 3 is 2.56 bits per heavy atom. The molecule has 1 aromatic carbocycles. The van der Waals surface area contributed by atoms with Crippen molar-refractivity contribution < 1.29 is 9.84 Å². The summed E-state index contributed by atoms with van der Waals surface area (Å²) < 4.78 is 5.47. The van der Waals surface area contributed by atoms with E-state index in [1.54, 1.807) is 0 Å². The van der Waals surface area contributed by atoms with Crippen LogP contribution in [0.25, 0.3) is 0 Å². The average molecular weight is 248 g/mol. The predicted octanol–water partition coefficient (Wildman–Crippen LogP) is 1.66. The monoisotopic (exact) mass is 248 g/mol. The maximum Gasteiger partial charge on any atom is 0.119 e. The molecule has 0 fully saturated rings. The summed E-state index contributed by atoms with van der Waals surface area (Å²) in [5.74, 6) is 0.743. The maximum absolute atomic E-state index is 9.88. The minimum atomic E-state index is -0.596. The molecule has 0 spiro atoms. The van der Waals surface area contributed by atoms with Crippen molar-refractivity contribution >= 4 is 0 Å². The van der Waals surface area contributed by atoms with Gasteiger partial charge in [-0.2, -0.15) is 5.26 Å². The summed E-state index contributed by atoms with van der Waals surface area (Å²) in [6.45, 7) is 5.00. The van der Waals surface area contributed by atoms with E-state index in [9.17, 15) is 5.11 Å². The lowest BCUT2D eigenvalue weighted by molar-refractivity contribution is 0.0628. The summed E-state index contributed by atoms with van der Waals surface area (Å²) in [6.07, 6.45) is -0.596. The van der Waals surface area contributed by atoms with Crippen LogP contribution < -0.4 is 4.74 Å². The number of aliphatic hydroxyl groups excluding tert-OH is 1. The lowest BCUT2D eigenvalue weighted by Gasteiger charge is -2.26. The van der Waals surface area contributed by atoms with Gasteiger partial charge in [0, 0.05) is 12.6 Å². The summed E-state index contributed by atoms with van der Waals surface area (Å²) in [5, 5.41) is 18.6. The molecular weight excluding hydrogens is 228 g/mol. The molecule has 4 nitrogen and oxygen atoms in total. The number of ether oxygens (including phenoxy) is 1. The van der Waals surface area contributed by atoms with E-state index in [0.29, 0.717) is 13.1 Å². The van der Waals surface area contributed by atoms with Crippen LogP contribution in [0.2, 0.25) is 0 Å². The number of para-hydroxylation sites is 1. The Balaban J connectivity index is 2.36. The third-order valence-electron chi connectivity index (χ3n) is 2.63. The first-order valence-electron chi connectivity index (χ1n) is 6.10. The first kappa shape index (κ1) is 14.5. The molecule has 0 aliphatic carbocycles. The van der Waals surface area contributed by atoms with Crippen molar-refractivity contribution in [1.82, 2.24) is 4.90 Å². The molecule has 0 saturated heterocycles. The third kappa shape index (κ3) is 5.17. The molecule has 0 amide bonds. The first-order chi connectivity index (χ1) is 8.63. The number of nitriles is 1. The molecule has 1 rings (SSSR count). The molecule has 0 saturated carbocycles. The van der Waals surface area contributed by atoms with E-state index in [2.05, 4.69) is 6.07 Å². The van der Waals surface area contributed by atoms with Gasteiger partial charge in [0.05, 0.1) is 12.6 Å². The largest absolute Gasteiger partial charge is 0.491 e. The second kappa shape index (κ2) is 7.70. The van der Waals surface area contributed by atoms with Crippen molar-refractivity contribution in [2.24, 2.45) is 0 Å². The Hall–Kier alpha value is -1.57. The van der Waals surface area contributed by atoms with Crippen LogP contribution in [-0.2, 0) is 0 Å². The molecule has 0 bridgehead atoms. The Morgan fingerprint density at radius 2 is 2.00 bits per heavy atom. The number of nitrogens with zero attached hydrogens (tertiary/aromatic N) is 2. The molecule has 0 radical (unpaired) electrons. The Bertz CT molecular complexity index is 373. The van der Waals surface area contributed by atoms with Gasteiger partial charge < -0.3 is 9.84 Å².